The average molecular weight is 1410 g/mol. The molecule has 9 rings (SSSR count). The van der Waals surface area contributed by atoms with Gasteiger partial charge in [0.05, 0.1) is 71.5 Å². The number of ether oxygens (including phenoxy) is 5. The maximum Gasteiger partial charge on any atom is 0.486 e. The number of pyridine rings is 4. The molecule has 0 amide bonds. The van der Waals surface area contributed by atoms with Crippen LogP contribution in [-0.4, -0.2) is 70.8 Å². The molecule has 6 heterocycles. The lowest BCUT2D eigenvalue weighted by molar-refractivity contribution is 0.00578. The minimum Gasteiger partial charge on any atom is -0.480 e. The summed E-state index contributed by atoms with van der Waals surface area (Å²) in [6.45, 7) is 27.4. The third-order valence-electron chi connectivity index (χ3n) is 15.7. The summed E-state index contributed by atoms with van der Waals surface area (Å²) in [5.41, 5.74) is 5.14. The fourth-order valence-corrected chi connectivity index (χ4v) is 10.8. The highest BCUT2D eigenvalue weighted by molar-refractivity contribution is 6.52. The van der Waals surface area contributed by atoms with Gasteiger partial charge in [0, 0.05) is 61.2 Å². The summed E-state index contributed by atoms with van der Waals surface area (Å²) < 4.78 is 51.8. The van der Waals surface area contributed by atoms with Crippen LogP contribution >= 0.6 is 69.6 Å². The Hall–Kier alpha value is -7.54. The van der Waals surface area contributed by atoms with E-state index >= 15 is 0 Å². The van der Waals surface area contributed by atoms with E-state index in [9.17, 15) is 10.1 Å². The van der Waals surface area contributed by atoms with Crippen molar-refractivity contribution in [3.63, 3.8) is 0 Å². The zero-order chi connectivity index (χ0) is 70.2. The predicted molar refractivity (Wildman–Crippen MR) is 377 cm³/mol. The Morgan fingerprint density at radius 3 is 1.34 bits per heavy atom. The van der Waals surface area contributed by atoms with Crippen molar-refractivity contribution in [3.8, 4) is 64.5 Å². The minimum atomic E-state index is -0.461. The molecular formula is C70H73B2Cl6N7O10. The molecule has 0 bridgehead atoms. The summed E-state index contributed by atoms with van der Waals surface area (Å²) >= 11 is 37.3. The fourth-order valence-electron chi connectivity index (χ4n) is 9.37. The first-order valence-electron chi connectivity index (χ1n) is 29.9. The molecule has 0 saturated carbocycles. The van der Waals surface area contributed by atoms with Gasteiger partial charge in [0.25, 0.3) is 5.56 Å². The number of allylic oxidation sites excluding steroid dienone is 3. The number of nitrogens with zero attached hydrogens (tertiary/aromatic N) is 6. The molecule has 4 aromatic heterocycles. The van der Waals surface area contributed by atoms with E-state index in [1.165, 1.54) is 25.8 Å². The molecule has 7 aromatic rings. The van der Waals surface area contributed by atoms with Gasteiger partial charge in [-0.05, 0) is 187 Å². The number of methoxy groups -OCH3 is 2. The van der Waals surface area contributed by atoms with Crippen LogP contribution < -0.4 is 29.2 Å². The molecule has 2 fully saturated rings. The van der Waals surface area contributed by atoms with Crippen LogP contribution in [0.3, 0.4) is 0 Å². The van der Waals surface area contributed by atoms with Crippen LogP contribution in [0, 0.1) is 54.8 Å². The van der Waals surface area contributed by atoms with Gasteiger partial charge in [-0.3, -0.25) is 9.78 Å². The number of aromatic amines is 1. The van der Waals surface area contributed by atoms with Gasteiger partial charge in [-0.2, -0.15) is 15.8 Å². The monoisotopic (exact) mass is 1400 g/mol. The van der Waals surface area contributed by atoms with Gasteiger partial charge < -0.3 is 47.3 Å². The maximum absolute atomic E-state index is 12.1. The lowest BCUT2D eigenvalue weighted by atomic mass is 9.89. The summed E-state index contributed by atoms with van der Waals surface area (Å²) in [6.07, 6.45) is 12.5. The van der Waals surface area contributed by atoms with Gasteiger partial charge in [-0.1, -0.05) is 99.8 Å². The Kier molecular flexibility index (Phi) is 27.3. The van der Waals surface area contributed by atoms with Crippen molar-refractivity contribution in [2.75, 3.05) is 14.2 Å². The van der Waals surface area contributed by atoms with Gasteiger partial charge in [-0.25, -0.2) is 9.97 Å². The largest absolute Gasteiger partial charge is 0.486 e. The van der Waals surface area contributed by atoms with Crippen LogP contribution in [0.2, 0.25) is 30.1 Å². The number of benzene rings is 3. The Morgan fingerprint density at radius 2 is 0.958 bits per heavy atom. The molecule has 17 nitrogen and oxygen atoms in total. The molecule has 2 saturated heterocycles. The highest BCUT2D eigenvalue weighted by atomic mass is 35.5. The van der Waals surface area contributed by atoms with Crippen molar-refractivity contribution in [2.24, 2.45) is 0 Å². The predicted octanol–water partition coefficient (Wildman–Crippen LogP) is 18.6. The Morgan fingerprint density at radius 1 is 0.568 bits per heavy atom. The smallest absolute Gasteiger partial charge is 0.480 e. The van der Waals surface area contributed by atoms with E-state index in [0.717, 1.165) is 35.2 Å². The highest BCUT2D eigenvalue weighted by Crippen LogP contribution is 2.44. The molecule has 2 aliphatic heterocycles. The van der Waals surface area contributed by atoms with Gasteiger partial charge in [-0.15, -0.1) is 6.58 Å². The fraction of sp³-hybridized carbons (Fsp3) is 0.329. The third-order valence-corrected chi connectivity index (χ3v) is 17.4. The molecule has 2 aliphatic rings. The van der Waals surface area contributed by atoms with E-state index in [-0.39, 0.29) is 45.1 Å². The third kappa shape index (κ3) is 20.3. The summed E-state index contributed by atoms with van der Waals surface area (Å²) in [4.78, 5) is 27.6. The van der Waals surface area contributed by atoms with Gasteiger partial charge in [0.1, 0.15) is 32.3 Å². The van der Waals surface area contributed by atoms with Crippen LogP contribution in [0.15, 0.2) is 121 Å². The molecule has 0 spiro atoms. The highest BCUT2D eigenvalue weighted by Gasteiger charge is 2.51. The van der Waals surface area contributed by atoms with Crippen molar-refractivity contribution < 1.29 is 42.3 Å². The molecule has 25 heteroatoms. The zero-order valence-electron chi connectivity index (χ0n) is 55.3. The number of aromatic nitrogens is 4. The van der Waals surface area contributed by atoms with E-state index in [1.54, 1.807) is 67.0 Å². The molecule has 0 unspecified atom stereocenters. The number of H-pyrrole nitrogens is 1. The van der Waals surface area contributed by atoms with Crippen LogP contribution in [0.1, 0.15) is 125 Å². The van der Waals surface area contributed by atoms with Gasteiger partial charge >= 0.3 is 14.2 Å². The molecule has 0 atom stereocenters. The Labute approximate surface area is 586 Å². The molecule has 496 valence electrons. The standard InChI is InChI=1S/C23H25BCl2N2O4.C21H17Cl2N3O2.C17H14Cl2N2O2.C9H17BO2/c1-14-18(8-7-9-24-31-22(2,3)23(4,5)32-24)20(19(26)21(28-14)29-6)30-17-11-15(13-27)10-16(25)12-17;1-13-18(4-2-3-14-5-7-25-8-6-14)20(19(23)21(27)26-13)28-17-10-15(12-24)9-16(22)11-17;1-4-5-14-10(2)21-17(22-3)15(19)16(14)23-13-7-11(9-20)6-12(18)8-13;1-6-7-10-11-8(2,3)9(4,5)12-10/h7,9-12H,8H2,1-6H3;5-11H,2-4H2,1H3,(H,26,27);4,6-8H,1,5H2,2-3H3;6-7H,1-5H3/b9-7+;;;7-6+. The normalized spacial score (nSPS) is 14.6. The molecule has 95 heavy (non-hydrogen) atoms. The number of aryl methyl sites for hydroxylation is 4. The minimum absolute atomic E-state index is 0.0250. The van der Waals surface area contributed by atoms with E-state index < -0.39 is 23.9 Å². The number of hydrogen-bond acceptors (Lipinski definition) is 16. The van der Waals surface area contributed by atoms with Crippen molar-refractivity contribution in [1.82, 2.24) is 19.9 Å². The van der Waals surface area contributed by atoms with Crippen LogP contribution in [-0.2, 0) is 44.3 Å². The Bertz CT molecular complexity index is 4140. The van der Waals surface area contributed by atoms with Crippen molar-refractivity contribution in [2.45, 2.75) is 138 Å². The van der Waals surface area contributed by atoms with Crippen molar-refractivity contribution >= 4 is 83.8 Å². The lowest BCUT2D eigenvalue weighted by Crippen LogP contribution is -2.41. The second-order valence-corrected chi connectivity index (χ2v) is 26.1. The topological polar surface area (TPSA) is 226 Å². The van der Waals surface area contributed by atoms with Crippen molar-refractivity contribution in [3.05, 3.63) is 212 Å². The lowest BCUT2D eigenvalue weighted by Gasteiger charge is -2.32. The SMILES string of the molecule is C/C=C/B1OC(C)(C)C(C)(C)O1.C=CCc1c(C)nc(OC)c(Cl)c1Oc1cc(Cl)cc(C#N)c1.COc1nc(C)c(C/C=C/B2OC(C)(C)C(C)(C)O2)c(Oc2cc(Cl)cc(C#N)c2)c1Cl.Cc1[nH]c(=O)c(Cl)c(Oc2cc(Cl)cc(C#N)c2)c1CCCc1ccncc1. The van der Waals surface area contributed by atoms with E-state index in [2.05, 4.69) is 60.3 Å². The number of nitrogens with one attached hydrogen (secondary N) is 1. The number of hydrogen-bond donors (Lipinski definition) is 1. The summed E-state index contributed by atoms with van der Waals surface area (Å²) in [5.74, 6) is 6.57. The second kappa shape index (κ2) is 33.9. The van der Waals surface area contributed by atoms with E-state index in [1.807, 2.05) is 104 Å². The van der Waals surface area contributed by atoms with Gasteiger partial charge in [0.15, 0.2) is 17.2 Å². The van der Waals surface area contributed by atoms with Crippen LogP contribution in [0.4, 0.5) is 0 Å². The second-order valence-electron chi connectivity index (χ2n) is 23.6. The Balaban J connectivity index is 0.000000209. The maximum atomic E-state index is 12.1. The molecule has 0 aliphatic carbocycles. The van der Waals surface area contributed by atoms with Crippen LogP contribution in [0.5, 0.6) is 46.3 Å². The van der Waals surface area contributed by atoms with E-state index in [0.29, 0.717) is 96.9 Å². The van der Waals surface area contributed by atoms with E-state index in [4.69, 9.17) is 122 Å². The zero-order valence-corrected chi connectivity index (χ0v) is 59.9. The molecule has 3 aromatic carbocycles. The molecule has 0 radical (unpaired) electrons. The van der Waals surface area contributed by atoms with Crippen molar-refractivity contribution in [1.29, 1.82) is 15.8 Å². The number of halogens is 6. The number of nitriles is 3. The molecular weight excluding hydrogens is 1330 g/mol. The van der Waals surface area contributed by atoms with Gasteiger partial charge in [0.2, 0.25) is 11.8 Å². The average Bonchev–Trinajstić information content (AvgIpc) is 1.79. The van der Waals surface area contributed by atoms with Crippen LogP contribution in [0.25, 0.3) is 0 Å². The summed E-state index contributed by atoms with van der Waals surface area (Å²) in [5, 5.41) is 29.0. The first-order valence-corrected chi connectivity index (χ1v) is 32.1. The first-order chi connectivity index (χ1) is 44.8. The number of rotatable bonds is 18. The summed E-state index contributed by atoms with van der Waals surface area (Å²) in [6, 6.07) is 24.3. The first kappa shape index (κ1) is 76.5. The summed E-state index contributed by atoms with van der Waals surface area (Å²) in [7, 11) is 2.33. The molecule has 1 N–H and O–H groups in total. The quantitative estimate of drug-likeness (QED) is 0.0622.